The molecule has 3 N–H and O–H groups in total. The lowest BCUT2D eigenvalue weighted by molar-refractivity contribution is 0.0967. The second-order valence-electron chi connectivity index (χ2n) is 6.72. The van der Waals surface area contributed by atoms with Crippen molar-refractivity contribution < 1.29 is 9.59 Å². The molecular weight excluding hydrogens is 378 g/mol. The highest BCUT2D eigenvalue weighted by Gasteiger charge is 2.11. The summed E-state index contributed by atoms with van der Waals surface area (Å²) in [4.78, 5) is 32.9. The second-order valence-corrected chi connectivity index (χ2v) is 6.72. The molecule has 7 heteroatoms. The molecule has 3 aromatic carbocycles. The van der Waals surface area contributed by atoms with Crippen LogP contribution < -0.4 is 16.0 Å². The van der Waals surface area contributed by atoms with E-state index in [0.29, 0.717) is 22.6 Å². The number of hydrogen-bond donors (Lipinski definition) is 3. The highest BCUT2D eigenvalue weighted by Crippen LogP contribution is 2.25. The van der Waals surface area contributed by atoms with Gasteiger partial charge in [-0.1, -0.05) is 30.3 Å². The Hall–Kier alpha value is -4.26. The maximum atomic E-state index is 12.2. The first-order chi connectivity index (χ1) is 14.6. The predicted molar refractivity (Wildman–Crippen MR) is 117 cm³/mol. The molecule has 0 fully saturated rings. The van der Waals surface area contributed by atoms with Crippen LogP contribution in [0.5, 0.6) is 0 Å². The molecule has 0 aliphatic carbocycles. The summed E-state index contributed by atoms with van der Waals surface area (Å²) in [6.07, 6.45) is 1.46. The van der Waals surface area contributed by atoms with E-state index >= 15 is 0 Å². The molecule has 1 heterocycles. The molecule has 148 valence electrons. The van der Waals surface area contributed by atoms with E-state index in [1.54, 1.807) is 42.5 Å². The number of urea groups is 1. The van der Waals surface area contributed by atoms with Gasteiger partial charge in [-0.3, -0.25) is 10.1 Å². The Morgan fingerprint density at radius 2 is 1.67 bits per heavy atom. The molecule has 7 nitrogen and oxygen atoms in total. The Kier molecular flexibility index (Phi) is 5.34. The topological polar surface area (TPSA) is 96.0 Å². The lowest BCUT2D eigenvalue weighted by atomic mass is 10.2. The molecular formula is C23H19N5O2. The number of benzene rings is 3. The molecule has 30 heavy (non-hydrogen) atoms. The van der Waals surface area contributed by atoms with E-state index in [2.05, 4.69) is 25.9 Å². The first kappa shape index (κ1) is 19.1. The van der Waals surface area contributed by atoms with E-state index in [9.17, 15) is 9.59 Å². The van der Waals surface area contributed by atoms with Crippen molar-refractivity contribution >= 4 is 40.0 Å². The fraction of sp³-hybridized carbons (Fsp3) is 0.0435. The zero-order valence-corrected chi connectivity index (χ0v) is 16.2. The summed E-state index contributed by atoms with van der Waals surface area (Å²) in [6.45, 7) is 2.02. The second kappa shape index (κ2) is 8.40. The monoisotopic (exact) mass is 397 g/mol. The molecule has 0 aliphatic rings. The quantitative estimate of drug-likeness (QED) is 0.466. The zero-order chi connectivity index (χ0) is 20.9. The number of carbonyl (C=O) groups excluding carboxylic acids is 2. The van der Waals surface area contributed by atoms with Gasteiger partial charge >= 0.3 is 6.03 Å². The van der Waals surface area contributed by atoms with Gasteiger partial charge in [0.15, 0.2) is 0 Å². The van der Waals surface area contributed by atoms with Gasteiger partial charge in [0.05, 0.1) is 5.52 Å². The van der Waals surface area contributed by atoms with E-state index < -0.39 is 11.9 Å². The Balaban J connectivity index is 1.49. The maximum Gasteiger partial charge on any atom is 0.326 e. The Morgan fingerprint density at radius 3 is 2.47 bits per heavy atom. The highest BCUT2D eigenvalue weighted by atomic mass is 16.2. The van der Waals surface area contributed by atoms with Crippen LogP contribution in [0.3, 0.4) is 0 Å². The van der Waals surface area contributed by atoms with Crippen molar-refractivity contribution in [3.05, 3.63) is 90.3 Å². The molecule has 0 saturated heterocycles. The normalized spacial score (nSPS) is 10.4. The molecule has 0 radical (unpaired) electrons. The lowest BCUT2D eigenvalue weighted by Gasteiger charge is -2.11. The number of nitrogens with one attached hydrogen (secondary N) is 3. The van der Waals surface area contributed by atoms with E-state index in [1.807, 2.05) is 37.3 Å². The van der Waals surface area contributed by atoms with Gasteiger partial charge < -0.3 is 10.6 Å². The fourth-order valence-corrected chi connectivity index (χ4v) is 3.02. The van der Waals surface area contributed by atoms with Gasteiger partial charge in [-0.2, -0.15) is 0 Å². The minimum Gasteiger partial charge on any atom is -0.340 e. The van der Waals surface area contributed by atoms with Crippen molar-refractivity contribution in [1.29, 1.82) is 0 Å². The van der Waals surface area contributed by atoms with Gasteiger partial charge in [0.1, 0.15) is 12.1 Å². The molecule has 0 atom stereocenters. The smallest absolute Gasteiger partial charge is 0.326 e. The third-order valence-electron chi connectivity index (χ3n) is 4.44. The molecule has 1 aromatic heterocycles. The van der Waals surface area contributed by atoms with Gasteiger partial charge in [0.25, 0.3) is 5.91 Å². The van der Waals surface area contributed by atoms with Gasteiger partial charge in [0, 0.05) is 22.3 Å². The predicted octanol–water partition coefficient (Wildman–Crippen LogP) is 4.64. The number of aromatic nitrogens is 2. The number of aryl methyl sites for hydroxylation is 1. The Labute approximate surface area is 173 Å². The largest absolute Gasteiger partial charge is 0.340 e. The molecule has 4 aromatic rings. The van der Waals surface area contributed by atoms with Crippen LogP contribution in [0.15, 0.2) is 79.1 Å². The average molecular weight is 397 g/mol. The van der Waals surface area contributed by atoms with Gasteiger partial charge in [-0.15, -0.1) is 0 Å². The Morgan fingerprint density at radius 1 is 0.833 bits per heavy atom. The van der Waals surface area contributed by atoms with Crippen molar-refractivity contribution in [1.82, 2.24) is 15.3 Å². The van der Waals surface area contributed by atoms with E-state index in [-0.39, 0.29) is 0 Å². The summed E-state index contributed by atoms with van der Waals surface area (Å²) >= 11 is 0. The fourth-order valence-electron chi connectivity index (χ4n) is 3.02. The maximum absolute atomic E-state index is 12.2. The van der Waals surface area contributed by atoms with Crippen LogP contribution in [-0.4, -0.2) is 21.9 Å². The van der Waals surface area contributed by atoms with E-state index in [1.165, 1.54) is 6.33 Å². The molecule has 0 saturated carbocycles. The van der Waals surface area contributed by atoms with E-state index in [4.69, 9.17) is 0 Å². The molecule has 0 unspecified atom stereocenters. The van der Waals surface area contributed by atoms with Crippen LogP contribution in [0.1, 0.15) is 15.9 Å². The number of carbonyl (C=O) groups is 2. The number of amides is 3. The number of nitrogens with zero attached hydrogens (tertiary/aromatic N) is 2. The summed E-state index contributed by atoms with van der Waals surface area (Å²) in [7, 11) is 0. The zero-order valence-electron chi connectivity index (χ0n) is 16.2. The minimum absolute atomic E-state index is 0.408. The average Bonchev–Trinajstić information content (AvgIpc) is 2.74. The molecule has 0 bridgehead atoms. The third kappa shape index (κ3) is 4.41. The van der Waals surface area contributed by atoms with Crippen LogP contribution in [-0.2, 0) is 0 Å². The van der Waals surface area contributed by atoms with Crippen molar-refractivity contribution in [2.45, 2.75) is 6.92 Å². The highest BCUT2D eigenvalue weighted by molar-refractivity contribution is 6.08. The van der Waals surface area contributed by atoms with Crippen LogP contribution in [0.2, 0.25) is 0 Å². The van der Waals surface area contributed by atoms with Gasteiger partial charge in [0.2, 0.25) is 0 Å². The summed E-state index contributed by atoms with van der Waals surface area (Å²) in [5, 5.41) is 9.07. The minimum atomic E-state index is -0.615. The SMILES string of the molecule is Cc1cccc(Nc2ncnc3cc(NC(=O)NC(=O)c4ccccc4)ccc23)c1. The van der Waals surface area contributed by atoms with Crippen molar-refractivity contribution in [3.8, 4) is 0 Å². The Bertz CT molecular complexity index is 1220. The van der Waals surface area contributed by atoms with Gasteiger partial charge in [-0.25, -0.2) is 14.8 Å². The van der Waals surface area contributed by atoms with Crippen molar-refractivity contribution in [2.24, 2.45) is 0 Å². The standard InChI is InChI=1S/C23H19N5O2/c1-15-6-5-9-17(12-15)26-21-19-11-10-18(13-20(19)24-14-25-21)27-23(30)28-22(29)16-7-3-2-4-8-16/h2-14H,1H3,(H,24,25,26)(H2,27,28,29,30). The molecule has 0 spiro atoms. The summed E-state index contributed by atoms with van der Waals surface area (Å²) in [5.74, 6) is 0.196. The van der Waals surface area contributed by atoms with E-state index in [0.717, 1.165) is 16.6 Å². The first-order valence-corrected chi connectivity index (χ1v) is 9.34. The van der Waals surface area contributed by atoms with Crippen molar-refractivity contribution in [2.75, 3.05) is 10.6 Å². The summed E-state index contributed by atoms with van der Waals surface area (Å²) in [5.41, 5.74) is 3.65. The number of fused-ring (bicyclic) bond motifs is 1. The number of imide groups is 1. The lowest BCUT2D eigenvalue weighted by Crippen LogP contribution is -2.34. The van der Waals surface area contributed by atoms with Crippen LogP contribution in [0, 0.1) is 6.92 Å². The number of hydrogen-bond acceptors (Lipinski definition) is 5. The van der Waals surface area contributed by atoms with Crippen LogP contribution in [0.4, 0.5) is 22.0 Å². The summed E-state index contributed by atoms with van der Waals surface area (Å²) < 4.78 is 0. The van der Waals surface area contributed by atoms with Gasteiger partial charge in [-0.05, 0) is 55.0 Å². The summed E-state index contributed by atoms with van der Waals surface area (Å²) in [6, 6.07) is 21.2. The first-order valence-electron chi connectivity index (χ1n) is 9.34. The molecule has 0 aliphatic heterocycles. The molecule has 3 amide bonds. The third-order valence-corrected chi connectivity index (χ3v) is 4.44. The van der Waals surface area contributed by atoms with Crippen LogP contribution >= 0.6 is 0 Å². The van der Waals surface area contributed by atoms with Crippen LogP contribution in [0.25, 0.3) is 10.9 Å². The van der Waals surface area contributed by atoms with Crippen molar-refractivity contribution in [3.63, 3.8) is 0 Å². The number of anilines is 3. The molecule has 4 rings (SSSR count). The number of rotatable bonds is 4.